The van der Waals surface area contributed by atoms with E-state index in [1.54, 1.807) is 0 Å². The monoisotopic (exact) mass is 339 g/mol. The second kappa shape index (κ2) is 6.17. The smallest absolute Gasteiger partial charge is 0.0772 e. The first-order valence-corrected chi connectivity index (χ1v) is 8.27. The van der Waals surface area contributed by atoms with Crippen molar-refractivity contribution < 1.29 is 5.11 Å². The van der Waals surface area contributed by atoms with Crippen molar-refractivity contribution in [1.82, 2.24) is 5.32 Å². The Labute approximate surface area is 131 Å². The fraction of sp³-hybridized carbons (Fsp3) is 0.647. The lowest BCUT2D eigenvalue weighted by atomic mass is 9.71. The second-order valence-corrected chi connectivity index (χ2v) is 7.94. The van der Waals surface area contributed by atoms with E-state index in [9.17, 15) is 5.11 Å². The number of rotatable bonds is 4. The molecule has 0 aromatic heterocycles. The molecule has 0 atom stereocenters. The van der Waals surface area contributed by atoms with Crippen LogP contribution >= 0.6 is 15.9 Å². The number of aliphatic hydroxyl groups is 1. The predicted octanol–water partition coefficient (Wildman–Crippen LogP) is 4.18. The normalized spacial score (nSPS) is 20.9. The molecule has 0 saturated heterocycles. The maximum absolute atomic E-state index is 10.6. The molecule has 2 rings (SSSR count). The Balaban J connectivity index is 1.84. The average Bonchev–Trinajstić information content (AvgIpc) is 2.37. The van der Waals surface area contributed by atoms with Crippen LogP contribution in [0.5, 0.6) is 0 Å². The molecule has 1 aliphatic rings. The molecular formula is C17H26BrNO. The highest BCUT2D eigenvalue weighted by molar-refractivity contribution is 9.10. The minimum atomic E-state index is -0.521. The Bertz CT molecular complexity index is 460. The summed E-state index contributed by atoms with van der Waals surface area (Å²) in [5.41, 5.74) is 2.38. The average molecular weight is 340 g/mol. The van der Waals surface area contributed by atoms with Crippen LogP contribution in [-0.4, -0.2) is 17.3 Å². The molecule has 0 unspecified atom stereocenters. The van der Waals surface area contributed by atoms with E-state index in [4.69, 9.17) is 0 Å². The largest absolute Gasteiger partial charge is 0.389 e. The highest BCUT2D eigenvalue weighted by Gasteiger charge is 2.36. The van der Waals surface area contributed by atoms with E-state index in [0.717, 1.165) is 36.7 Å². The van der Waals surface area contributed by atoms with Crippen molar-refractivity contribution in [3.8, 4) is 0 Å². The minimum absolute atomic E-state index is 0.395. The molecule has 0 radical (unpaired) electrons. The first kappa shape index (κ1) is 16.0. The van der Waals surface area contributed by atoms with Gasteiger partial charge in [-0.25, -0.2) is 0 Å². The highest BCUT2D eigenvalue weighted by atomic mass is 79.9. The van der Waals surface area contributed by atoms with Gasteiger partial charge in [0.15, 0.2) is 0 Å². The SMILES string of the molecule is Cc1ccc(CNCC2(O)CCC(C)(C)CC2)c(Br)c1. The Morgan fingerprint density at radius 2 is 1.85 bits per heavy atom. The Kier molecular flexibility index (Phi) is 4.93. The van der Waals surface area contributed by atoms with Crippen LogP contribution in [0.2, 0.25) is 0 Å². The summed E-state index contributed by atoms with van der Waals surface area (Å²) in [7, 11) is 0. The van der Waals surface area contributed by atoms with Crippen molar-refractivity contribution in [3.05, 3.63) is 33.8 Å². The minimum Gasteiger partial charge on any atom is -0.389 e. The van der Waals surface area contributed by atoms with Gasteiger partial charge in [0.1, 0.15) is 0 Å². The molecule has 3 heteroatoms. The molecular weight excluding hydrogens is 314 g/mol. The van der Waals surface area contributed by atoms with Crippen LogP contribution in [0.25, 0.3) is 0 Å². The van der Waals surface area contributed by atoms with Gasteiger partial charge >= 0.3 is 0 Å². The summed E-state index contributed by atoms with van der Waals surface area (Å²) in [6, 6.07) is 6.40. The van der Waals surface area contributed by atoms with Gasteiger partial charge in [-0.1, -0.05) is 41.9 Å². The van der Waals surface area contributed by atoms with Gasteiger partial charge in [0.25, 0.3) is 0 Å². The van der Waals surface area contributed by atoms with E-state index >= 15 is 0 Å². The first-order chi connectivity index (χ1) is 9.30. The first-order valence-electron chi connectivity index (χ1n) is 7.48. The zero-order valence-electron chi connectivity index (χ0n) is 12.8. The lowest BCUT2D eigenvalue weighted by molar-refractivity contribution is -0.0245. The van der Waals surface area contributed by atoms with Gasteiger partial charge in [0, 0.05) is 17.6 Å². The zero-order valence-corrected chi connectivity index (χ0v) is 14.4. The van der Waals surface area contributed by atoms with Crippen LogP contribution in [0.1, 0.15) is 50.7 Å². The Morgan fingerprint density at radius 1 is 1.20 bits per heavy atom. The summed E-state index contributed by atoms with van der Waals surface area (Å²) in [4.78, 5) is 0. The van der Waals surface area contributed by atoms with Crippen LogP contribution in [0.15, 0.2) is 22.7 Å². The number of halogens is 1. The molecule has 112 valence electrons. The van der Waals surface area contributed by atoms with Crippen molar-refractivity contribution >= 4 is 15.9 Å². The molecule has 0 heterocycles. The summed E-state index contributed by atoms with van der Waals surface area (Å²) in [6.45, 7) is 8.16. The van der Waals surface area contributed by atoms with Crippen molar-refractivity contribution in [3.63, 3.8) is 0 Å². The molecule has 1 aliphatic carbocycles. The van der Waals surface area contributed by atoms with E-state index < -0.39 is 5.60 Å². The van der Waals surface area contributed by atoms with Crippen LogP contribution in [0.3, 0.4) is 0 Å². The van der Waals surface area contributed by atoms with Crippen LogP contribution in [0, 0.1) is 12.3 Å². The van der Waals surface area contributed by atoms with Crippen molar-refractivity contribution in [2.24, 2.45) is 5.41 Å². The number of hydrogen-bond donors (Lipinski definition) is 2. The molecule has 0 amide bonds. The van der Waals surface area contributed by atoms with E-state index in [2.05, 4.69) is 60.2 Å². The van der Waals surface area contributed by atoms with Gasteiger partial charge < -0.3 is 10.4 Å². The van der Waals surface area contributed by atoms with E-state index in [0.29, 0.717) is 12.0 Å². The van der Waals surface area contributed by atoms with Crippen molar-refractivity contribution in [2.75, 3.05) is 6.54 Å². The number of benzene rings is 1. The quantitative estimate of drug-likeness (QED) is 0.862. The molecule has 0 bridgehead atoms. The van der Waals surface area contributed by atoms with E-state index in [1.807, 2.05) is 0 Å². The van der Waals surface area contributed by atoms with Crippen LogP contribution in [0.4, 0.5) is 0 Å². The Morgan fingerprint density at radius 3 is 2.45 bits per heavy atom. The fourth-order valence-corrected chi connectivity index (χ4v) is 3.43. The van der Waals surface area contributed by atoms with Gasteiger partial charge in [-0.2, -0.15) is 0 Å². The molecule has 2 N–H and O–H groups in total. The second-order valence-electron chi connectivity index (χ2n) is 7.09. The van der Waals surface area contributed by atoms with Gasteiger partial charge in [0.05, 0.1) is 5.60 Å². The van der Waals surface area contributed by atoms with E-state index in [1.165, 1.54) is 11.1 Å². The summed E-state index contributed by atoms with van der Waals surface area (Å²) < 4.78 is 1.14. The molecule has 1 saturated carbocycles. The van der Waals surface area contributed by atoms with Gasteiger partial charge in [-0.3, -0.25) is 0 Å². The fourth-order valence-electron chi connectivity index (χ4n) is 2.79. The molecule has 1 aromatic rings. The summed E-state index contributed by atoms with van der Waals surface area (Å²) >= 11 is 3.60. The number of aryl methyl sites for hydroxylation is 1. The molecule has 1 aromatic carbocycles. The topological polar surface area (TPSA) is 32.3 Å². The summed E-state index contributed by atoms with van der Waals surface area (Å²) in [6.07, 6.45) is 4.03. The number of hydrogen-bond acceptors (Lipinski definition) is 2. The lowest BCUT2D eigenvalue weighted by Gasteiger charge is -2.40. The lowest BCUT2D eigenvalue weighted by Crippen LogP contribution is -2.44. The zero-order chi connectivity index (χ0) is 14.8. The van der Waals surface area contributed by atoms with Crippen molar-refractivity contribution in [1.29, 1.82) is 0 Å². The summed E-state index contributed by atoms with van der Waals surface area (Å²) in [5.74, 6) is 0. The standard InChI is InChI=1S/C17H26BrNO/c1-13-4-5-14(15(18)10-13)11-19-12-17(20)8-6-16(2,3)7-9-17/h4-5,10,19-20H,6-9,11-12H2,1-3H3. The third-order valence-electron chi connectivity index (χ3n) is 4.51. The van der Waals surface area contributed by atoms with Gasteiger partial charge in [0.2, 0.25) is 0 Å². The molecule has 1 fully saturated rings. The van der Waals surface area contributed by atoms with Crippen LogP contribution in [-0.2, 0) is 6.54 Å². The molecule has 0 spiro atoms. The molecule has 0 aliphatic heterocycles. The predicted molar refractivity (Wildman–Crippen MR) is 87.8 cm³/mol. The highest BCUT2D eigenvalue weighted by Crippen LogP contribution is 2.39. The Hall–Kier alpha value is -0.380. The third kappa shape index (κ3) is 4.31. The molecule has 20 heavy (non-hydrogen) atoms. The maximum Gasteiger partial charge on any atom is 0.0772 e. The van der Waals surface area contributed by atoms with Gasteiger partial charge in [-0.05, 0) is 55.2 Å². The van der Waals surface area contributed by atoms with Crippen molar-refractivity contribution in [2.45, 2.75) is 58.6 Å². The van der Waals surface area contributed by atoms with Gasteiger partial charge in [-0.15, -0.1) is 0 Å². The third-order valence-corrected chi connectivity index (χ3v) is 5.25. The summed E-state index contributed by atoms with van der Waals surface area (Å²) in [5, 5.41) is 14.0. The molecule has 2 nitrogen and oxygen atoms in total. The van der Waals surface area contributed by atoms with Crippen LogP contribution < -0.4 is 5.32 Å². The maximum atomic E-state index is 10.6. The van der Waals surface area contributed by atoms with E-state index in [-0.39, 0.29) is 0 Å². The number of nitrogens with one attached hydrogen (secondary N) is 1.